The van der Waals surface area contributed by atoms with Crippen molar-refractivity contribution >= 4 is 16.7 Å². The van der Waals surface area contributed by atoms with E-state index >= 15 is 0 Å². The first kappa shape index (κ1) is 24.4. The minimum absolute atomic E-state index is 0.234. The number of hydrogen-bond acceptors (Lipinski definition) is 6. The van der Waals surface area contributed by atoms with Gasteiger partial charge in [0.1, 0.15) is 11.3 Å². The largest absolute Gasteiger partial charge is 0.399 e. The zero-order valence-corrected chi connectivity index (χ0v) is 21.6. The van der Waals surface area contributed by atoms with Crippen LogP contribution in [-0.2, 0) is 13.6 Å². The van der Waals surface area contributed by atoms with E-state index in [1.54, 1.807) is 0 Å². The van der Waals surface area contributed by atoms with E-state index in [2.05, 4.69) is 62.4 Å². The number of anilines is 1. The third kappa shape index (κ3) is 4.93. The first-order valence-electron chi connectivity index (χ1n) is 13.1. The molecule has 6 rings (SSSR count). The second kappa shape index (κ2) is 10.4. The number of hydrogen-bond donors (Lipinski definition) is 3. The van der Waals surface area contributed by atoms with E-state index < -0.39 is 0 Å². The Morgan fingerprint density at radius 2 is 1.61 bits per heavy atom. The lowest BCUT2D eigenvalue weighted by Crippen LogP contribution is -2.46. The molecule has 1 fully saturated rings. The Morgan fingerprint density at radius 3 is 2.34 bits per heavy atom. The third-order valence-electron chi connectivity index (χ3n) is 7.39. The van der Waals surface area contributed by atoms with Crippen LogP contribution in [0.5, 0.6) is 0 Å². The van der Waals surface area contributed by atoms with Crippen molar-refractivity contribution in [3.63, 3.8) is 0 Å². The van der Waals surface area contributed by atoms with Gasteiger partial charge in [-0.1, -0.05) is 36.4 Å². The maximum absolute atomic E-state index is 9.16. The van der Waals surface area contributed by atoms with Crippen molar-refractivity contribution in [2.75, 3.05) is 45.1 Å². The fourth-order valence-electron chi connectivity index (χ4n) is 5.32. The Bertz CT molecular complexity index is 1530. The van der Waals surface area contributed by atoms with Crippen LogP contribution in [0.4, 0.5) is 5.69 Å². The number of nitrogens with two attached hydrogens (primary N) is 1. The number of aryl methyl sites for hydroxylation is 1. The molecule has 0 amide bonds. The molecule has 8 heteroatoms. The number of rotatable bonds is 7. The van der Waals surface area contributed by atoms with Crippen molar-refractivity contribution in [1.82, 2.24) is 29.5 Å². The lowest BCUT2D eigenvalue weighted by Gasteiger charge is -2.34. The molecule has 194 valence electrons. The summed E-state index contributed by atoms with van der Waals surface area (Å²) in [7, 11) is 1.95. The first-order valence-corrected chi connectivity index (χ1v) is 13.1. The second-order valence-electron chi connectivity index (χ2n) is 10.0. The predicted octanol–water partition coefficient (Wildman–Crippen LogP) is 3.99. The minimum atomic E-state index is 0.234. The first-order chi connectivity index (χ1) is 18.6. The number of pyridine rings is 1. The average molecular weight is 508 g/mol. The third-order valence-corrected chi connectivity index (χ3v) is 7.39. The molecule has 0 radical (unpaired) electrons. The number of fused-ring (bicyclic) bond motifs is 1. The van der Waals surface area contributed by atoms with Gasteiger partial charge >= 0.3 is 0 Å². The SMILES string of the molecule is Cn1cc(-c2ccnc3[nH]c(-c4ccc(CN5CCN(CCO)CC5)cc4)cc23)c(-c2ccc(N)cc2)n1. The molecule has 0 aliphatic carbocycles. The standard InChI is InChI=1S/C30H33N7O/c1-35-20-27(29(34-35)23-6-8-24(31)9-7-23)25-10-11-32-30-26(25)18-28(33-30)22-4-2-21(3-5-22)19-37-14-12-36(13-15-37)16-17-38/h2-11,18,20,38H,12-17,19,31H2,1H3,(H,32,33). The van der Waals surface area contributed by atoms with Gasteiger partial charge in [0, 0.05) is 86.6 Å². The highest BCUT2D eigenvalue weighted by Crippen LogP contribution is 2.36. The fraction of sp³-hybridized carbons (Fsp3) is 0.267. The number of nitrogens with one attached hydrogen (secondary N) is 1. The summed E-state index contributed by atoms with van der Waals surface area (Å²) in [6, 6.07) is 20.9. The van der Waals surface area contributed by atoms with Crippen LogP contribution < -0.4 is 5.73 Å². The van der Waals surface area contributed by atoms with E-state index in [4.69, 9.17) is 15.9 Å². The Morgan fingerprint density at radius 1 is 0.895 bits per heavy atom. The molecule has 0 saturated carbocycles. The molecule has 3 aromatic heterocycles. The molecular formula is C30H33N7O. The molecule has 38 heavy (non-hydrogen) atoms. The van der Waals surface area contributed by atoms with Gasteiger partial charge in [-0.25, -0.2) is 4.98 Å². The number of aromatic amines is 1. The van der Waals surface area contributed by atoms with E-state index in [0.29, 0.717) is 0 Å². The molecule has 8 nitrogen and oxygen atoms in total. The van der Waals surface area contributed by atoms with E-state index in [1.807, 2.05) is 42.2 Å². The number of benzene rings is 2. The Labute approximate surface area is 222 Å². The molecule has 1 aliphatic rings. The molecule has 5 aromatic rings. The van der Waals surface area contributed by atoms with Crippen LogP contribution in [0.2, 0.25) is 0 Å². The summed E-state index contributed by atoms with van der Waals surface area (Å²) < 4.78 is 1.85. The van der Waals surface area contributed by atoms with Crippen molar-refractivity contribution in [2.24, 2.45) is 7.05 Å². The number of aromatic nitrogens is 4. The zero-order chi connectivity index (χ0) is 26.1. The van der Waals surface area contributed by atoms with Crippen LogP contribution in [0, 0.1) is 0 Å². The monoisotopic (exact) mass is 507 g/mol. The van der Waals surface area contributed by atoms with Crippen LogP contribution in [-0.4, -0.2) is 74.0 Å². The number of piperazine rings is 1. The van der Waals surface area contributed by atoms with Crippen molar-refractivity contribution < 1.29 is 5.11 Å². The molecule has 0 atom stereocenters. The van der Waals surface area contributed by atoms with Crippen LogP contribution in [0.1, 0.15) is 5.56 Å². The minimum Gasteiger partial charge on any atom is -0.399 e. The number of aliphatic hydroxyl groups excluding tert-OH is 1. The number of nitrogens with zero attached hydrogens (tertiary/aromatic N) is 5. The van der Waals surface area contributed by atoms with E-state index in [-0.39, 0.29) is 6.61 Å². The number of β-amino-alcohol motifs (C(OH)–C–C–N with tert-alkyl or cyclic N) is 1. The average Bonchev–Trinajstić information content (AvgIpc) is 3.54. The summed E-state index contributed by atoms with van der Waals surface area (Å²) >= 11 is 0. The van der Waals surface area contributed by atoms with Gasteiger partial charge in [0.2, 0.25) is 0 Å². The Balaban J connectivity index is 1.25. The smallest absolute Gasteiger partial charge is 0.138 e. The lowest BCUT2D eigenvalue weighted by atomic mass is 10.00. The molecule has 0 spiro atoms. The van der Waals surface area contributed by atoms with Crippen LogP contribution in [0.15, 0.2) is 73.1 Å². The van der Waals surface area contributed by atoms with Gasteiger partial charge in [-0.2, -0.15) is 5.10 Å². The second-order valence-corrected chi connectivity index (χ2v) is 10.0. The molecule has 1 saturated heterocycles. The van der Waals surface area contributed by atoms with Crippen molar-refractivity contribution in [2.45, 2.75) is 6.54 Å². The normalized spacial score (nSPS) is 14.9. The maximum Gasteiger partial charge on any atom is 0.138 e. The van der Waals surface area contributed by atoms with E-state index in [9.17, 15) is 0 Å². The Hall–Kier alpha value is -3.98. The molecule has 0 bridgehead atoms. The molecular weight excluding hydrogens is 474 g/mol. The quantitative estimate of drug-likeness (QED) is 0.288. The summed E-state index contributed by atoms with van der Waals surface area (Å²) in [4.78, 5) is 12.9. The van der Waals surface area contributed by atoms with Gasteiger partial charge < -0.3 is 15.8 Å². The number of nitrogen functional groups attached to an aromatic ring is 1. The van der Waals surface area contributed by atoms with Gasteiger partial charge in [-0.05, 0) is 41.0 Å². The topological polar surface area (TPSA) is 99.2 Å². The predicted molar refractivity (Wildman–Crippen MR) is 152 cm³/mol. The summed E-state index contributed by atoms with van der Waals surface area (Å²) in [5, 5.41) is 15.0. The Kier molecular flexibility index (Phi) is 6.68. The highest BCUT2D eigenvalue weighted by atomic mass is 16.3. The summed E-state index contributed by atoms with van der Waals surface area (Å²) in [6.45, 7) is 6.04. The lowest BCUT2D eigenvalue weighted by molar-refractivity contribution is 0.108. The van der Waals surface area contributed by atoms with Gasteiger partial charge in [0.25, 0.3) is 0 Å². The van der Waals surface area contributed by atoms with Gasteiger partial charge in [0.15, 0.2) is 0 Å². The number of aliphatic hydroxyl groups is 1. The van der Waals surface area contributed by atoms with E-state index in [1.165, 1.54) is 5.56 Å². The van der Waals surface area contributed by atoms with Crippen molar-refractivity contribution in [1.29, 1.82) is 0 Å². The molecule has 4 N–H and O–H groups in total. The molecule has 2 aromatic carbocycles. The molecule has 4 heterocycles. The van der Waals surface area contributed by atoms with Gasteiger partial charge in [-0.15, -0.1) is 0 Å². The van der Waals surface area contributed by atoms with Crippen LogP contribution in [0.3, 0.4) is 0 Å². The number of H-pyrrole nitrogens is 1. The summed E-state index contributed by atoms with van der Waals surface area (Å²) in [6.07, 6.45) is 3.91. The van der Waals surface area contributed by atoms with Crippen molar-refractivity contribution in [3.8, 4) is 33.6 Å². The summed E-state index contributed by atoms with van der Waals surface area (Å²) in [5.74, 6) is 0. The molecule has 0 unspecified atom stereocenters. The van der Waals surface area contributed by atoms with Gasteiger partial charge in [0.05, 0.1) is 6.61 Å². The van der Waals surface area contributed by atoms with Gasteiger partial charge in [-0.3, -0.25) is 14.5 Å². The molecule has 1 aliphatic heterocycles. The van der Waals surface area contributed by atoms with Crippen LogP contribution in [0.25, 0.3) is 44.7 Å². The zero-order valence-electron chi connectivity index (χ0n) is 21.6. The highest BCUT2D eigenvalue weighted by Gasteiger charge is 2.18. The van der Waals surface area contributed by atoms with Crippen LogP contribution >= 0.6 is 0 Å². The van der Waals surface area contributed by atoms with Crippen molar-refractivity contribution in [3.05, 3.63) is 78.6 Å². The van der Waals surface area contributed by atoms with E-state index in [0.717, 1.165) is 89.6 Å². The highest BCUT2D eigenvalue weighted by molar-refractivity contribution is 5.99. The maximum atomic E-state index is 9.16. The fourth-order valence-corrected chi connectivity index (χ4v) is 5.32. The summed E-state index contributed by atoms with van der Waals surface area (Å²) in [5.41, 5.74) is 15.1.